The molecule has 0 radical (unpaired) electrons. The third-order valence-electron chi connectivity index (χ3n) is 7.22. The van der Waals surface area contributed by atoms with E-state index in [1.165, 1.54) is 50.3 Å². The number of rotatable bonds is 10. The number of nitrogens with one attached hydrogen (secondary N) is 2. The molecule has 12 nitrogen and oxygen atoms in total. The predicted molar refractivity (Wildman–Crippen MR) is 154 cm³/mol. The van der Waals surface area contributed by atoms with Gasteiger partial charge in [-0.15, -0.1) is 0 Å². The molecule has 1 saturated heterocycles. The molecule has 1 spiro atoms. The second-order valence-corrected chi connectivity index (χ2v) is 10.1. The number of aromatic nitrogens is 4. The topological polar surface area (TPSA) is 151 Å². The summed E-state index contributed by atoms with van der Waals surface area (Å²) >= 11 is 0. The van der Waals surface area contributed by atoms with Crippen LogP contribution in [0.4, 0.5) is 21.6 Å². The SMILES string of the molecule is COc1ncc(N=C/C=C(\N)Oc2ccc(Nc3ncnc4cc(OC)c(OC5CC6(CNC6)C5)cc34)c(F)c2)cn1. The molecule has 2 aliphatic rings. The Kier molecular flexibility index (Phi) is 7.40. The summed E-state index contributed by atoms with van der Waals surface area (Å²) in [7, 11) is 3.07. The highest BCUT2D eigenvalue weighted by molar-refractivity contribution is 5.93. The minimum absolute atomic E-state index is 0.0162. The summed E-state index contributed by atoms with van der Waals surface area (Å²) < 4.78 is 37.4. The Hall–Kier alpha value is -5.04. The number of methoxy groups -OCH3 is 2. The van der Waals surface area contributed by atoms with Gasteiger partial charge in [-0.3, -0.25) is 4.99 Å². The molecule has 42 heavy (non-hydrogen) atoms. The average Bonchev–Trinajstić information content (AvgIpc) is 2.95. The van der Waals surface area contributed by atoms with E-state index in [1.807, 2.05) is 6.07 Å². The number of benzene rings is 2. The fourth-order valence-corrected chi connectivity index (χ4v) is 4.99. The monoisotopic (exact) mass is 572 g/mol. The van der Waals surface area contributed by atoms with Crippen LogP contribution < -0.4 is 35.3 Å². The number of aliphatic imine (C=N–C) groups is 1. The number of anilines is 2. The Bertz CT molecular complexity index is 1650. The molecule has 2 aromatic carbocycles. The second kappa shape index (κ2) is 11.4. The highest BCUT2D eigenvalue weighted by atomic mass is 19.1. The van der Waals surface area contributed by atoms with Crippen LogP contribution in [0.25, 0.3) is 10.9 Å². The number of hydrogen-bond acceptors (Lipinski definition) is 12. The van der Waals surface area contributed by atoms with Crippen LogP contribution >= 0.6 is 0 Å². The van der Waals surface area contributed by atoms with Gasteiger partial charge < -0.3 is 35.3 Å². The summed E-state index contributed by atoms with van der Waals surface area (Å²) in [5.74, 6) is 1.27. The summed E-state index contributed by atoms with van der Waals surface area (Å²) in [4.78, 5) is 20.8. The number of hydrogen-bond donors (Lipinski definition) is 3. The number of ether oxygens (including phenoxy) is 4. The van der Waals surface area contributed by atoms with Gasteiger partial charge in [-0.2, -0.15) is 0 Å². The number of nitrogens with zero attached hydrogens (tertiary/aromatic N) is 5. The first-order chi connectivity index (χ1) is 20.4. The molecule has 0 atom stereocenters. The zero-order valence-electron chi connectivity index (χ0n) is 23.0. The van der Waals surface area contributed by atoms with Crippen molar-refractivity contribution in [3.8, 4) is 23.3 Å². The molecule has 6 rings (SSSR count). The third-order valence-corrected chi connectivity index (χ3v) is 7.22. The Morgan fingerprint density at radius 2 is 1.88 bits per heavy atom. The molecule has 0 bridgehead atoms. The van der Waals surface area contributed by atoms with Gasteiger partial charge in [0.1, 0.15) is 29.8 Å². The van der Waals surface area contributed by atoms with E-state index in [0.29, 0.717) is 39.3 Å². The van der Waals surface area contributed by atoms with Gasteiger partial charge in [-0.1, -0.05) is 0 Å². The normalized spacial score (nSPS) is 16.2. The lowest BCUT2D eigenvalue weighted by molar-refractivity contribution is -0.0502. The van der Waals surface area contributed by atoms with Gasteiger partial charge in [0.15, 0.2) is 17.4 Å². The van der Waals surface area contributed by atoms with E-state index in [1.54, 1.807) is 19.2 Å². The van der Waals surface area contributed by atoms with Crippen molar-refractivity contribution in [3.63, 3.8) is 0 Å². The third kappa shape index (κ3) is 5.72. The molecular weight excluding hydrogens is 543 g/mol. The number of nitrogens with two attached hydrogens (primary N) is 1. The Balaban J connectivity index is 1.15. The molecule has 1 aliphatic heterocycles. The Morgan fingerprint density at radius 3 is 2.57 bits per heavy atom. The maximum atomic E-state index is 15.1. The lowest BCUT2D eigenvalue weighted by atomic mass is 9.63. The zero-order valence-corrected chi connectivity index (χ0v) is 23.0. The molecule has 3 heterocycles. The van der Waals surface area contributed by atoms with E-state index < -0.39 is 5.82 Å². The highest BCUT2D eigenvalue weighted by Crippen LogP contribution is 2.47. The Labute approximate surface area is 240 Å². The quantitative estimate of drug-likeness (QED) is 0.187. The van der Waals surface area contributed by atoms with Crippen LogP contribution in [0.1, 0.15) is 12.8 Å². The largest absolute Gasteiger partial charge is 0.493 e. The fraction of sp³-hybridized carbons (Fsp3) is 0.276. The molecule has 4 aromatic rings. The molecule has 216 valence electrons. The minimum Gasteiger partial charge on any atom is -0.493 e. The van der Waals surface area contributed by atoms with Crippen LogP contribution in [-0.2, 0) is 0 Å². The molecule has 0 amide bonds. The molecule has 1 saturated carbocycles. The van der Waals surface area contributed by atoms with Crippen molar-refractivity contribution in [2.24, 2.45) is 16.1 Å². The first-order valence-corrected chi connectivity index (χ1v) is 13.2. The van der Waals surface area contributed by atoms with E-state index in [0.717, 1.165) is 25.9 Å². The van der Waals surface area contributed by atoms with Gasteiger partial charge in [0.05, 0.1) is 43.5 Å². The highest BCUT2D eigenvalue weighted by Gasteiger charge is 2.49. The predicted octanol–water partition coefficient (Wildman–Crippen LogP) is 4.03. The van der Waals surface area contributed by atoms with E-state index in [-0.39, 0.29) is 29.4 Å². The summed E-state index contributed by atoms with van der Waals surface area (Å²) in [6.45, 7) is 2.08. The van der Waals surface area contributed by atoms with Crippen molar-refractivity contribution < 1.29 is 23.3 Å². The van der Waals surface area contributed by atoms with Gasteiger partial charge in [-0.05, 0) is 31.0 Å². The summed E-state index contributed by atoms with van der Waals surface area (Å²) in [6, 6.07) is 8.22. The number of halogens is 1. The van der Waals surface area contributed by atoms with E-state index in [9.17, 15) is 0 Å². The maximum Gasteiger partial charge on any atom is 0.316 e. The maximum absolute atomic E-state index is 15.1. The van der Waals surface area contributed by atoms with Gasteiger partial charge >= 0.3 is 6.01 Å². The van der Waals surface area contributed by atoms with E-state index in [2.05, 4.69) is 35.6 Å². The van der Waals surface area contributed by atoms with Crippen molar-refractivity contribution in [2.45, 2.75) is 18.9 Å². The molecule has 4 N–H and O–H groups in total. The van der Waals surface area contributed by atoms with Crippen LogP contribution in [0.2, 0.25) is 0 Å². The van der Waals surface area contributed by atoms with Crippen molar-refractivity contribution >= 4 is 34.3 Å². The van der Waals surface area contributed by atoms with Crippen molar-refractivity contribution in [1.29, 1.82) is 0 Å². The van der Waals surface area contributed by atoms with Crippen LogP contribution in [0.3, 0.4) is 0 Å². The van der Waals surface area contributed by atoms with Gasteiger partial charge in [-0.25, -0.2) is 24.3 Å². The van der Waals surface area contributed by atoms with Gasteiger partial charge in [0.2, 0.25) is 0 Å². The smallest absolute Gasteiger partial charge is 0.316 e. The molecule has 2 fully saturated rings. The second-order valence-electron chi connectivity index (χ2n) is 10.1. The van der Waals surface area contributed by atoms with Crippen molar-refractivity contribution in [1.82, 2.24) is 25.3 Å². The van der Waals surface area contributed by atoms with E-state index >= 15 is 4.39 Å². The molecular formula is C29H29FN8O4. The van der Waals surface area contributed by atoms with Crippen LogP contribution in [0.15, 0.2) is 66.0 Å². The first-order valence-electron chi connectivity index (χ1n) is 13.2. The lowest BCUT2D eigenvalue weighted by Crippen LogP contribution is -2.62. The number of fused-ring (bicyclic) bond motifs is 1. The van der Waals surface area contributed by atoms with Crippen molar-refractivity contribution in [3.05, 3.63) is 66.8 Å². The van der Waals surface area contributed by atoms with Gasteiger partial charge in [0.25, 0.3) is 0 Å². The molecule has 0 unspecified atom stereocenters. The average molecular weight is 573 g/mol. The van der Waals surface area contributed by atoms with Gasteiger partial charge in [0, 0.05) is 48.3 Å². The number of allylic oxidation sites excluding steroid dienone is 1. The minimum atomic E-state index is -0.560. The zero-order chi connectivity index (χ0) is 29.1. The summed E-state index contributed by atoms with van der Waals surface area (Å²) in [6.07, 6.45) is 9.38. The van der Waals surface area contributed by atoms with E-state index in [4.69, 9.17) is 24.7 Å². The molecule has 13 heteroatoms. The fourth-order valence-electron chi connectivity index (χ4n) is 4.99. The molecule has 1 aliphatic carbocycles. The summed E-state index contributed by atoms with van der Waals surface area (Å²) in [5, 5.41) is 7.06. The van der Waals surface area contributed by atoms with Crippen LogP contribution in [0.5, 0.6) is 23.3 Å². The standard InChI is InChI=1S/C29H29FN8O4/c1-39-24-9-23-20(8-25(24)41-19-10-29(11-19)14-32-15-29)27(37-16-36-23)38-22-4-3-18(7-21(22)30)42-26(31)5-6-33-17-12-34-28(40-2)35-13-17/h3-9,12-13,16,19,32H,10-11,14-15,31H2,1-2H3,(H,36,37,38)/b26-5+,33-6?. The first kappa shape index (κ1) is 27.1. The van der Waals surface area contributed by atoms with Crippen LogP contribution in [0, 0.1) is 11.2 Å². The lowest BCUT2D eigenvalue weighted by Gasteiger charge is -2.53. The molecule has 2 aromatic heterocycles. The summed E-state index contributed by atoms with van der Waals surface area (Å²) in [5.41, 5.74) is 7.62. The van der Waals surface area contributed by atoms with Crippen molar-refractivity contribution in [2.75, 3.05) is 32.6 Å². The Morgan fingerprint density at radius 1 is 1.07 bits per heavy atom. The van der Waals surface area contributed by atoms with Crippen LogP contribution in [-0.4, -0.2) is 59.6 Å².